The van der Waals surface area contributed by atoms with Gasteiger partial charge in [-0.05, 0) is 69.7 Å². The van der Waals surface area contributed by atoms with Crippen LogP contribution in [0.2, 0.25) is 0 Å². The SMILES string of the molecule is Cc1cc(C)cc(O[C@@H](C)C(=O)NCC2=CCCCC2)c1. The van der Waals surface area contributed by atoms with Crippen molar-refractivity contribution in [2.45, 2.75) is 52.6 Å². The molecule has 0 aliphatic heterocycles. The minimum atomic E-state index is -0.476. The van der Waals surface area contributed by atoms with Crippen LogP contribution in [0.3, 0.4) is 0 Å². The molecule has 0 saturated heterocycles. The molecule has 0 fully saturated rings. The first-order valence-electron chi connectivity index (χ1n) is 7.75. The van der Waals surface area contributed by atoms with Crippen LogP contribution in [0.1, 0.15) is 43.7 Å². The average Bonchev–Trinajstić information content (AvgIpc) is 2.44. The van der Waals surface area contributed by atoms with Gasteiger partial charge in [0.25, 0.3) is 5.91 Å². The number of allylic oxidation sites excluding steroid dienone is 1. The van der Waals surface area contributed by atoms with Crippen molar-refractivity contribution < 1.29 is 9.53 Å². The Morgan fingerprint density at radius 3 is 2.57 bits per heavy atom. The van der Waals surface area contributed by atoms with Crippen molar-refractivity contribution in [3.8, 4) is 5.75 Å². The van der Waals surface area contributed by atoms with Gasteiger partial charge in [-0.25, -0.2) is 0 Å². The summed E-state index contributed by atoms with van der Waals surface area (Å²) in [6, 6.07) is 6.01. The molecule has 1 amide bonds. The summed E-state index contributed by atoms with van der Waals surface area (Å²) in [7, 11) is 0. The lowest BCUT2D eigenvalue weighted by atomic mass is 10.00. The van der Waals surface area contributed by atoms with Gasteiger partial charge in [0.2, 0.25) is 0 Å². The normalized spacial score (nSPS) is 16.0. The van der Waals surface area contributed by atoms with Crippen molar-refractivity contribution in [1.82, 2.24) is 5.32 Å². The lowest BCUT2D eigenvalue weighted by Gasteiger charge is -2.17. The van der Waals surface area contributed by atoms with Crippen LogP contribution in [0.5, 0.6) is 5.75 Å². The van der Waals surface area contributed by atoms with Gasteiger partial charge >= 0.3 is 0 Å². The molecule has 1 aliphatic carbocycles. The van der Waals surface area contributed by atoms with E-state index < -0.39 is 6.10 Å². The Bertz CT molecular complexity index is 514. The summed E-state index contributed by atoms with van der Waals surface area (Å²) in [5, 5.41) is 2.97. The Balaban J connectivity index is 1.85. The zero-order valence-corrected chi connectivity index (χ0v) is 13.2. The molecule has 0 saturated carbocycles. The van der Waals surface area contributed by atoms with E-state index in [1.807, 2.05) is 26.0 Å². The number of benzene rings is 1. The van der Waals surface area contributed by atoms with Gasteiger partial charge in [-0.1, -0.05) is 17.7 Å². The number of carbonyl (C=O) groups is 1. The Hall–Kier alpha value is -1.77. The zero-order valence-electron chi connectivity index (χ0n) is 13.2. The predicted molar refractivity (Wildman–Crippen MR) is 85.6 cm³/mol. The first-order chi connectivity index (χ1) is 10.0. The Kier molecular flexibility index (Phi) is 5.43. The highest BCUT2D eigenvalue weighted by Gasteiger charge is 2.15. The summed E-state index contributed by atoms with van der Waals surface area (Å²) in [6.45, 7) is 6.50. The molecule has 2 rings (SSSR count). The third-order valence-corrected chi connectivity index (χ3v) is 3.75. The molecule has 1 N–H and O–H groups in total. The van der Waals surface area contributed by atoms with E-state index in [1.165, 1.54) is 18.4 Å². The number of hydrogen-bond acceptors (Lipinski definition) is 2. The molecule has 1 aromatic rings. The van der Waals surface area contributed by atoms with Crippen molar-refractivity contribution in [3.63, 3.8) is 0 Å². The van der Waals surface area contributed by atoms with E-state index in [4.69, 9.17) is 4.74 Å². The van der Waals surface area contributed by atoms with Gasteiger partial charge in [0.1, 0.15) is 5.75 Å². The molecule has 1 aromatic carbocycles. The van der Waals surface area contributed by atoms with Gasteiger partial charge in [0.05, 0.1) is 0 Å². The maximum atomic E-state index is 12.1. The van der Waals surface area contributed by atoms with Crippen LogP contribution >= 0.6 is 0 Å². The van der Waals surface area contributed by atoms with Crippen molar-refractivity contribution >= 4 is 5.91 Å². The van der Waals surface area contributed by atoms with Crippen LogP contribution in [0.4, 0.5) is 0 Å². The summed E-state index contributed by atoms with van der Waals surface area (Å²) in [6.07, 6.45) is 6.52. The highest BCUT2D eigenvalue weighted by Crippen LogP contribution is 2.18. The Morgan fingerprint density at radius 1 is 1.24 bits per heavy atom. The van der Waals surface area contributed by atoms with Crippen molar-refractivity contribution in [3.05, 3.63) is 41.0 Å². The fourth-order valence-corrected chi connectivity index (χ4v) is 2.67. The Morgan fingerprint density at radius 2 is 1.95 bits per heavy atom. The van der Waals surface area contributed by atoms with E-state index in [-0.39, 0.29) is 5.91 Å². The predicted octanol–water partition coefficient (Wildman–Crippen LogP) is 3.69. The quantitative estimate of drug-likeness (QED) is 0.839. The molecule has 0 spiro atoms. The maximum absolute atomic E-state index is 12.1. The van der Waals surface area contributed by atoms with Crippen molar-refractivity contribution in [2.24, 2.45) is 0 Å². The molecule has 1 aliphatic rings. The minimum absolute atomic E-state index is 0.0550. The highest BCUT2D eigenvalue weighted by atomic mass is 16.5. The third kappa shape index (κ3) is 4.92. The molecule has 21 heavy (non-hydrogen) atoms. The summed E-state index contributed by atoms with van der Waals surface area (Å²) in [4.78, 5) is 12.1. The van der Waals surface area contributed by atoms with Crippen LogP contribution < -0.4 is 10.1 Å². The highest BCUT2D eigenvalue weighted by molar-refractivity contribution is 5.80. The molecule has 114 valence electrons. The van der Waals surface area contributed by atoms with Crippen LogP contribution in [0, 0.1) is 13.8 Å². The van der Waals surface area contributed by atoms with Gasteiger partial charge in [-0.15, -0.1) is 0 Å². The first-order valence-corrected chi connectivity index (χ1v) is 7.75. The smallest absolute Gasteiger partial charge is 0.261 e. The van der Waals surface area contributed by atoms with Crippen LogP contribution in [-0.2, 0) is 4.79 Å². The van der Waals surface area contributed by atoms with Crippen LogP contribution in [-0.4, -0.2) is 18.6 Å². The van der Waals surface area contributed by atoms with Gasteiger partial charge < -0.3 is 10.1 Å². The third-order valence-electron chi connectivity index (χ3n) is 3.75. The van der Waals surface area contributed by atoms with Crippen LogP contribution in [0.15, 0.2) is 29.8 Å². The summed E-state index contributed by atoms with van der Waals surface area (Å²) in [5.41, 5.74) is 3.63. The lowest BCUT2D eigenvalue weighted by Crippen LogP contribution is -2.37. The standard InChI is InChI=1S/C18H25NO2/c1-13-9-14(2)11-17(10-13)21-15(3)18(20)19-12-16-7-5-4-6-8-16/h7,9-11,15H,4-6,8,12H2,1-3H3,(H,19,20)/t15-/m0/s1. The second kappa shape index (κ2) is 7.30. The number of carbonyl (C=O) groups excluding carboxylic acids is 1. The molecular formula is C18H25NO2. The number of amides is 1. The van der Waals surface area contributed by atoms with E-state index in [9.17, 15) is 4.79 Å². The van der Waals surface area contributed by atoms with E-state index in [0.717, 1.165) is 29.7 Å². The second-order valence-corrected chi connectivity index (χ2v) is 5.91. The van der Waals surface area contributed by atoms with Gasteiger partial charge in [0.15, 0.2) is 6.10 Å². The van der Waals surface area contributed by atoms with E-state index in [2.05, 4.69) is 17.5 Å². The van der Waals surface area contributed by atoms with Gasteiger partial charge in [-0.3, -0.25) is 4.79 Å². The number of nitrogens with one attached hydrogen (secondary N) is 1. The van der Waals surface area contributed by atoms with Crippen molar-refractivity contribution in [1.29, 1.82) is 0 Å². The molecule has 0 heterocycles. The Labute approximate surface area is 127 Å². The minimum Gasteiger partial charge on any atom is -0.481 e. The number of ether oxygens (including phenoxy) is 1. The molecule has 0 unspecified atom stereocenters. The van der Waals surface area contributed by atoms with E-state index in [0.29, 0.717) is 6.54 Å². The second-order valence-electron chi connectivity index (χ2n) is 5.91. The lowest BCUT2D eigenvalue weighted by molar-refractivity contribution is -0.127. The molecule has 3 heteroatoms. The van der Waals surface area contributed by atoms with Gasteiger partial charge in [-0.2, -0.15) is 0 Å². The monoisotopic (exact) mass is 287 g/mol. The number of rotatable bonds is 5. The summed E-state index contributed by atoms with van der Waals surface area (Å²) < 4.78 is 5.75. The fraction of sp³-hybridized carbons (Fsp3) is 0.500. The zero-order chi connectivity index (χ0) is 15.2. The van der Waals surface area contributed by atoms with Crippen LogP contribution in [0.25, 0.3) is 0 Å². The molecule has 0 aromatic heterocycles. The maximum Gasteiger partial charge on any atom is 0.261 e. The molecule has 1 atom stereocenters. The number of hydrogen-bond donors (Lipinski definition) is 1. The fourth-order valence-electron chi connectivity index (χ4n) is 2.67. The van der Waals surface area contributed by atoms with Crippen molar-refractivity contribution in [2.75, 3.05) is 6.54 Å². The molecular weight excluding hydrogens is 262 g/mol. The van der Waals surface area contributed by atoms with Gasteiger partial charge in [0, 0.05) is 6.54 Å². The molecule has 0 radical (unpaired) electrons. The number of aryl methyl sites for hydroxylation is 2. The molecule has 0 bridgehead atoms. The summed E-state index contributed by atoms with van der Waals surface area (Å²) >= 11 is 0. The first kappa shape index (κ1) is 15.6. The van der Waals surface area contributed by atoms with E-state index >= 15 is 0 Å². The topological polar surface area (TPSA) is 38.3 Å². The largest absolute Gasteiger partial charge is 0.481 e. The molecule has 3 nitrogen and oxygen atoms in total. The summed E-state index contributed by atoms with van der Waals surface area (Å²) in [5.74, 6) is 0.702. The van der Waals surface area contributed by atoms with E-state index in [1.54, 1.807) is 6.92 Å². The average molecular weight is 287 g/mol.